The van der Waals surface area contributed by atoms with E-state index in [0.29, 0.717) is 6.04 Å². The molecule has 0 bridgehead atoms. The summed E-state index contributed by atoms with van der Waals surface area (Å²) in [5.41, 5.74) is 1.44. The predicted octanol–water partition coefficient (Wildman–Crippen LogP) is 4.37. The van der Waals surface area contributed by atoms with Crippen molar-refractivity contribution in [1.29, 1.82) is 0 Å². The highest BCUT2D eigenvalue weighted by Gasteiger charge is 2.14. The van der Waals surface area contributed by atoms with Crippen LogP contribution < -0.4 is 5.32 Å². The fraction of sp³-hybridized carbons (Fsp3) is 0.714. The third-order valence-corrected chi connectivity index (χ3v) is 4.46. The van der Waals surface area contributed by atoms with E-state index in [2.05, 4.69) is 29.1 Å². The molecule has 1 aromatic rings. The van der Waals surface area contributed by atoms with E-state index >= 15 is 0 Å². The second kappa shape index (κ2) is 6.41. The molecule has 2 heteroatoms. The van der Waals surface area contributed by atoms with Gasteiger partial charge in [0.05, 0.1) is 0 Å². The van der Waals surface area contributed by atoms with Gasteiger partial charge in [0, 0.05) is 6.04 Å². The average molecular weight is 237 g/mol. The summed E-state index contributed by atoms with van der Waals surface area (Å²) in [7, 11) is 0. The van der Waals surface area contributed by atoms with Gasteiger partial charge in [-0.3, -0.25) is 0 Å². The number of nitrogens with one attached hydrogen (secondary N) is 1. The van der Waals surface area contributed by atoms with Crippen LogP contribution in [-0.2, 0) is 0 Å². The monoisotopic (exact) mass is 237 g/mol. The molecular formula is C14H23NS. The summed E-state index contributed by atoms with van der Waals surface area (Å²) in [5.74, 6) is 1.04. The smallest absolute Gasteiger partial charge is 0.0300 e. The minimum Gasteiger partial charge on any atom is -0.310 e. The van der Waals surface area contributed by atoms with E-state index in [4.69, 9.17) is 0 Å². The van der Waals surface area contributed by atoms with E-state index in [9.17, 15) is 0 Å². The van der Waals surface area contributed by atoms with Crippen LogP contribution in [0, 0.1) is 5.92 Å². The fourth-order valence-electron chi connectivity index (χ4n) is 2.65. The molecular weight excluding hydrogens is 214 g/mol. The predicted molar refractivity (Wildman–Crippen MR) is 71.9 cm³/mol. The van der Waals surface area contributed by atoms with Crippen molar-refractivity contribution < 1.29 is 0 Å². The van der Waals surface area contributed by atoms with Crippen LogP contribution in [0.2, 0.25) is 0 Å². The molecule has 90 valence electrons. The van der Waals surface area contributed by atoms with Crippen molar-refractivity contribution in [3.8, 4) is 0 Å². The van der Waals surface area contributed by atoms with Crippen molar-refractivity contribution in [2.45, 2.75) is 51.5 Å². The molecule has 1 N–H and O–H groups in total. The lowest BCUT2D eigenvalue weighted by Crippen LogP contribution is -2.19. The maximum atomic E-state index is 3.62. The van der Waals surface area contributed by atoms with Gasteiger partial charge in [-0.25, -0.2) is 0 Å². The Labute approximate surface area is 103 Å². The summed E-state index contributed by atoms with van der Waals surface area (Å²) in [6.45, 7) is 3.44. The molecule has 2 rings (SSSR count). The zero-order valence-electron chi connectivity index (χ0n) is 10.2. The topological polar surface area (TPSA) is 12.0 Å². The van der Waals surface area contributed by atoms with Gasteiger partial charge in [0.15, 0.2) is 0 Å². The molecule has 1 aliphatic carbocycles. The van der Waals surface area contributed by atoms with Crippen LogP contribution in [-0.4, -0.2) is 6.54 Å². The number of hydrogen-bond acceptors (Lipinski definition) is 2. The standard InChI is InChI=1S/C14H23NS/c1-12(14-8-10-16-11-14)15-9-4-7-13-5-2-3-6-13/h8,10-13,15H,2-7,9H2,1H3. The summed E-state index contributed by atoms with van der Waals surface area (Å²) < 4.78 is 0. The summed E-state index contributed by atoms with van der Waals surface area (Å²) in [6.07, 6.45) is 8.70. The minimum atomic E-state index is 0.523. The van der Waals surface area contributed by atoms with Crippen LogP contribution in [0.5, 0.6) is 0 Å². The first-order chi connectivity index (χ1) is 7.86. The first kappa shape index (κ1) is 12.1. The van der Waals surface area contributed by atoms with Crippen LogP contribution in [0.25, 0.3) is 0 Å². The summed E-state index contributed by atoms with van der Waals surface area (Å²) in [5, 5.41) is 8.02. The number of rotatable bonds is 6. The van der Waals surface area contributed by atoms with E-state index < -0.39 is 0 Å². The van der Waals surface area contributed by atoms with Crippen molar-refractivity contribution in [1.82, 2.24) is 5.32 Å². The minimum absolute atomic E-state index is 0.523. The van der Waals surface area contributed by atoms with Crippen molar-refractivity contribution in [3.63, 3.8) is 0 Å². The highest BCUT2D eigenvalue weighted by molar-refractivity contribution is 7.07. The van der Waals surface area contributed by atoms with Gasteiger partial charge in [-0.1, -0.05) is 25.7 Å². The number of hydrogen-bond donors (Lipinski definition) is 1. The fourth-order valence-corrected chi connectivity index (χ4v) is 3.40. The highest BCUT2D eigenvalue weighted by atomic mass is 32.1. The zero-order chi connectivity index (χ0) is 11.2. The Bertz CT molecular complexity index is 275. The Morgan fingerprint density at radius 3 is 2.94 bits per heavy atom. The van der Waals surface area contributed by atoms with E-state index in [1.165, 1.54) is 50.6 Å². The van der Waals surface area contributed by atoms with Gasteiger partial charge in [0.25, 0.3) is 0 Å². The first-order valence-electron chi connectivity index (χ1n) is 6.62. The van der Waals surface area contributed by atoms with Crippen LogP contribution in [0.1, 0.15) is 57.1 Å². The molecule has 0 aromatic carbocycles. The number of thiophene rings is 1. The van der Waals surface area contributed by atoms with Gasteiger partial charge in [0.2, 0.25) is 0 Å². The molecule has 1 nitrogen and oxygen atoms in total. The lowest BCUT2D eigenvalue weighted by Gasteiger charge is -2.13. The summed E-state index contributed by atoms with van der Waals surface area (Å²) >= 11 is 1.79. The van der Waals surface area contributed by atoms with E-state index in [1.807, 2.05) is 0 Å². The summed E-state index contributed by atoms with van der Waals surface area (Å²) in [6, 6.07) is 2.74. The van der Waals surface area contributed by atoms with Crippen molar-refractivity contribution in [3.05, 3.63) is 22.4 Å². The van der Waals surface area contributed by atoms with Crippen LogP contribution >= 0.6 is 11.3 Å². The van der Waals surface area contributed by atoms with Crippen LogP contribution in [0.4, 0.5) is 0 Å². The second-order valence-corrected chi connectivity index (χ2v) is 5.81. The Morgan fingerprint density at radius 1 is 1.44 bits per heavy atom. The largest absolute Gasteiger partial charge is 0.310 e. The van der Waals surface area contributed by atoms with Crippen molar-refractivity contribution in [2.75, 3.05) is 6.54 Å². The van der Waals surface area contributed by atoms with Crippen molar-refractivity contribution >= 4 is 11.3 Å². The Balaban J connectivity index is 1.57. The van der Waals surface area contributed by atoms with E-state index in [-0.39, 0.29) is 0 Å². The van der Waals surface area contributed by atoms with Gasteiger partial charge >= 0.3 is 0 Å². The molecule has 0 aliphatic heterocycles. The molecule has 1 aliphatic rings. The lowest BCUT2D eigenvalue weighted by atomic mass is 10.0. The highest BCUT2D eigenvalue weighted by Crippen LogP contribution is 2.28. The summed E-state index contributed by atoms with van der Waals surface area (Å²) in [4.78, 5) is 0. The van der Waals surface area contributed by atoms with Gasteiger partial charge < -0.3 is 5.32 Å². The van der Waals surface area contributed by atoms with Gasteiger partial charge in [-0.05, 0) is 54.6 Å². The molecule has 1 atom stereocenters. The Morgan fingerprint density at radius 2 is 2.25 bits per heavy atom. The quantitative estimate of drug-likeness (QED) is 0.724. The molecule has 1 unspecified atom stereocenters. The first-order valence-corrected chi connectivity index (χ1v) is 7.56. The molecule has 0 radical (unpaired) electrons. The van der Waals surface area contributed by atoms with Gasteiger partial charge in [-0.15, -0.1) is 0 Å². The second-order valence-electron chi connectivity index (χ2n) is 5.03. The molecule has 1 fully saturated rings. The van der Waals surface area contributed by atoms with Crippen LogP contribution in [0.15, 0.2) is 16.8 Å². The molecule has 1 heterocycles. The van der Waals surface area contributed by atoms with E-state index in [0.717, 1.165) is 5.92 Å². The maximum absolute atomic E-state index is 3.62. The SMILES string of the molecule is CC(NCCCC1CCCC1)c1ccsc1. The lowest BCUT2D eigenvalue weighted by molar-refractivity contribution is 0.456. The van der Waals surface area contributed by atoms with Gasteiger partial charge in [-0.2, -0.15) is 11.3 Å². The molecule has 1 aromatic heterocycles. The zero-order valence-corrected chi connectivity index (χ0v) is 11.1. The molecule has 16 heavy (non-hydrogen) atoms. The average Bonchev–Trinajstić information content (AvgIpc) is 2.96. The molecule has 0 spiro atoms. The molecule has 0 saturated heterocycles. The Kier molecular flexibility index (Phi) is 4.86. The van der Waals surface area contributed by atoms with Crippen molar-refractivity contribution in [2.24, 2.45) is 5.92 Å². The molecule has 0 amide bonds. The maximum Gasteiger partial charge on any atom is 0.0300 e. The van der Waals surface area contributed by atoms with Gasteiger partial charge in [0.1, 0.15) is 0 Å². The van der Waals surface area contributed by atoms with Crippen LogP contribution in [0.3, 0.4) is 0 Å². The third kappa shape index (κ3) is 3.60. The Hall–Kier alpha value is -0.340. The molecule has 1 saturated carbocycles. The third-order valence-electron chi connectivity index (χ3n) is 3.76. The normalized spacial score (nSPS) is 19.1. The van der Waals surface area contributed by atoms with E-state index in [1.54, 1.807) is 11.3 Å².